The van der Waals surface area contributed by atoms with Gasteiger partial charge in [-0.3, -0.25) is 8.98 Å². The fourth-order valence-corrected chi connectivity index (χ4v) is 8.85. The molecule has 2 aromatic rings. The van der Waals surface area contributed by atoms with E-state index in [1.165, 1.54) is 17.3 Å². The van der Waals surface area contributed by atoms with Gasteiger partial charge in [-0.15, -0.1) is 0 Å². The number of aryl methyl sites for hydroxylation is 1. The molecule has 1 aliphatic rings. The molecule has 1 saturated heterocycles. The maximum Gasteiger partial charge on any atom is 0.297 e. The van der Waals surface area contributed by atoms with Crippen molar-refractivity contribution in [1.29, 1.82) is 0 Å². The number of carbonyl (C=O) groups excluding carboxylic acids is 1. The van der Waals surface area contributed by atoms with Crippen LogP contribution in [-0.2, 0) is 28.3 Å². The Morgan fingerprint density at radius 2 is 1.56 bits per heavy atom. The molecule has 1 heterocycles. The molecule has 6 nitrogen and oxygen atoms in total. The van der Waals surface area contributed by atoms with Gasteiger partial charge in [0.25, 0.3) is 10.1 Å². The van der Waals surface area contributed by atoms with Crippen LogP contribution in [0.2, 0.25) is 31.2 Å². The molecule has 0 radical (unpaired) electrons. The summed E-state index contributed by atoms with van der Waals surface area (Å²) in [6.45, 7) is 16.4. The molecule has 2 aromatic carbocycles. The minimum Gasteiger partial charge on any atom is -0.404 e. The van der Waals surface area contributed by atoms with Crippen LogP contribution < -0.4 is 5.19 Å². The summed E-state index contributed by atoms with van der Waals surface area (Å²) in [5.41, 5.74) is 0.635. The van der Waals surface area contributed by atoms with E-state index in [1.807, 2.05) is 25.1 Å². The lowest BCUT2D eigenvalue weighted by Gasteiger charge is -2.45. The summed E-state index contributed by atoms with van der Waals surface area (Å²) < 4.78 is 44.4. The van der Waals surface area contributed by atoms with Crippen molar-refractivity contribution in [2.75, 3.05) is 6.61 Å². The number of carbonyl (C=O) groups is 1. The Hall–Kier alpha value is -1.63. The monoisotopic (exact) mass is 548 g/mol. The number of ether oxygens (including phenoxy) is 1. The molecule has 0 aromatic heterocycles. The smallest absolute Gasteiger partial charge is 0.297 e. The number of benzene rings is 2. The molecule has 0 spiro atoms. The summed E-state index contributed by atoms with van der Waals surface area (Å²) in [5.74, 6) is -0.0473. The normalized spacial score (nSPS) is 22.0. The van der Waals surface area contributed by atoms with Crippen molar-refractivity contribution in [1.82, 2.24) is 0 Å². The van der Waals surface area contributed by atoms with Gasteiger partial charge in [0, 0.05) is 6.42 Å². The van der Waals surface area contributed by atoms with Crippen molar-refractivity contribution in [3.63, 3.8) is 0 Å². The fraction of sp³-hybridized carbons (Fsp3) is 0.519. The first-order chi connectivity index (χ1) is 16.5. The van der Waals surface area contributed by atoms with Gasteiger partial charge in [-0.05, 0) is 37.2 Å². The molecular weight excluding hydrogens is 509 g/mol. The summed E-state index contributed by atoms with van der Waals surface area (Å²) in [7, 11) is -8.59. The standard InChI is InChI=1S/C27H40O6SSi2/c1-20-14-16-21(17-15-20)34(29,30)31-19-24-26(33-36(7,8)27(2,3)4)23(28)18-25(32-24)35(5,6)22-12-10-9-11-13-22/h9-17,24-26H,18-19H2,1-8H3/t24-,25-,26+/m1/s1. The largest absolute Gasteiger partial charge is 0.404 e. The number of rotatable bonds is 8. The topological polar surface area (TPSA) is 78.9 Å². The highest BCUT2D eigenvalue weighted by atomic mass is 32.2. The molecule has 198 valence electrons. The molecule has 0 saturated carbocycles. The Kier molecular flexibility index (Phi) is 8.54. The number of hydrogen-bond acceptors (Lipinski definition) is 6. The summed E-state index contributed by atoms with van der Waals surface area (Å²) >= 11 is 0. The molecule has 0 amide bonds. The van der Waals surface area contributed by atoms with Gasteiger partial charge in [-0.25, -0.2) is 0 Å². The zero-order chi connectivity index (χ0) is 26.9. The zero-order valence-corrected chi connectivity index (χ0v) is 25.5. The Bertz CT molecular complexity index is 1160. The van der Waals surface area contributed by atoms with Crippen molar-refractivity contribution in [2.24, 2.45) is 0 Å². The van der Waals surface area contributed by atoms with E-state index < -0.39 is 38.7 Å². The molecule has 1 fully saturated rings. The highest BCUT2D eigenvalue weighted by Crippen LogP contribution is 2.39. The van der Waals surface area contributed by atoms with Crippen LogP contribution in [0.25, 0.3) is 0 Å². The first-order valence-electron chi connectivity index (χ1n) is 12.4. The zero-order valence-electron chi connectivity index (χ0n) is 22.7. The summed E-state index contributed by atoms with van der Waals surface area (Å²) in [6, 6.07) is 16.6. The predicted molar refractivity (Wildman–Crippen MR) is 148 cm³/mol. The van der Waals surface area contributed by atoms with Gasteiger partial charge in [0.05, 0.1) is 17.2 Å². The van der Waals surface area contributed by atoms with E-state index in [0.717, 1.165) is 5.56 Å². The molecule has 0 aliphatic carbocycles. The summed E-state index contributed by atoms with van der Waals surface area (Å²) in [4.78, 5) is 13.6. The van der Waals surface area contributed by atoms with Gasteiger partial charge >= 0.3 is 0 Å². The maximum absolute atomic E-state index is 13.6. The van der Waals surface area contributed by atoms with E-state index in [0.29, 0.717) is 0 Å². The second-order valence-electron chi connectivity index (χ2n) is 11.8. The quantitative estimate of drug-likeness (QED) is 0.342. The van der Waals surface area contributed by atoms with Crippen molar-refractivity contribution in [3.8, 4) is 0 Å². The molecule has 3 rings (SSSR count). The van der Waals surface area contributed by atoms with Gasteiger partial charge in [-0.2, -0.15) is 8.42 Å². The van der Waals surface area contributed by atoms with Crippen LogP contribution >= 0.6 is 0 Å². The maximum atomic E-state index is 13.6. The molecule has 0 unspecified atom stereocenters. The lowest BCUT2D eigenvalue weighted by molar-refractivity contribution is -0.152. The molecule has 1 aliphatic heterocycles. The Morgan fingerprint density at radius 3 is 2.11 bits per heavy atom. The van der Waals surface area contributed by atoms with Crippen LogP contribution in [0.5, 0.6) is 0 Å². The minimum atomic E-state index is -4.02. The van der Waals surface area contributed by atoms with Crippen LogP contribution in [0.3, 0.4) is 0 Å². The molecule has 36 heavy (non-hydrogen) atoms. The van der Waals surface area contributed by atoms with Crippen LogP contribution in [0.4, 0.5) is 0 Å². The van der Waals surface area contributed by atoms with Gasteiger partial charge < -0.3 is 9.16 Å². The highest BCUT2D eigenvalue weighted by molar-refractivity contribution is 7.86. The predicted octanol–water partition coefficient (Wildman–Crippen LogP) is 4.97. The van der Waals surface area contributed by atoms with E-state index in [2.05, 4.69) is 59.1 Å². The average molecular weight is 549 g/mol. The Morgan fingerprint density at radius 1 is 0.972 bits per heavy atom. The average Bonchev–Trinajstić information content (AvgIpc) is 2.79. The van der Waals surface area contributed by atoms with E-state index in [1.54, 1.807) is 12.1 Å². The number of hydrogen-bond donors (Lipinski definition) is 0. The third-order valence-corrected chi connectivity index (χ3v) is 17.2. The van der Waals surface area contributed by atoms with E-state index in [9.17, 15) is 13.2 Å². The van der Waals surface area contributed by atoms with Crippen LogP contribution in [0, 0.1) is 6.92 Å². The van der Waals surface area contributed by atoms with Crippen molar-refractivity contribution >= 4 is 37.5 Å². The van der Waals surface area contributed by atoms with Crippen LogP contribution in [-0.4, -0.2) is 55.1 Å². The second kappa shape index (κ2) is 10.6. The number of Topliss-reactive ketones (excluding diaryl/α,β-unsaturated/α-hetero) is 1. The number of ketones is 1. The van der Waals surface area contributed by atoms with Crippen LogP contribution in [0.1, 0.15) is 32.8 Å². The van der Waals surface area contributed by atoms with E-state index >= 15 is 0 Å². The molecule has 3 atom stereocenters. The van der Waals surface area contributed by atoms with Gasteiger partial charge in [0.15, 0.2) is 14.1 Å². The fourth-order valence-electron chi connectivity index (χ4n) is 4.01. The van der Waals surface area contributed by atoms with Crippen molar-refractivity contribution in [2.45, 2.75) is 88.2 Å². The van der Waals surface area contributed by atoms with Gasteiger partial charge in [0.1, 0.15) is 20.3 Å². The lowest BCUT2D eigenvalue weighted by atomic mass is 10.0. The van der Waals surface area contributed by atoms with E-state index in [4.69, 9.17) is 13.3 Å². The first-order valence-corrected chi connectivity index (χ1v) is 19.8. The second-order valence-corrected chi connectivity index (χ2v) is 22.8. The third-order valence-electron chi connectivity index (χ3n) is 7.63. The third kappa shape index (κ3) is 6.43. The van der Waals surface area contributed by atoms with Crippen molar-refractivity contribution in [3.05, 3.63) is 60.2 Å². The molecule has 0 N–H and O–H groups in total. The lowest BCUT2D eigenvalue weighted by Crippen LogP contribution is -2.63. The van der Waals surface area contributed by atoms with Crippen LogP contribution in [0.15, 0.2) is 59.5 Å². The first kappa shape index (κ1) is 28.9. The SMILES string of the molecule is Cc1ccc(S(=O)(=O)OC[C@H]2O[C@H]([Si](C)(C)c3ccccc3)CC(=O)[C@@H]2O[Si](C)(C)C(C)(C)C)cc1. The van der Waals surface area contributed by atoms with Gasteiger partial charge in [0.2, 0.25) is 0 Å². The Labute approximate surface area is 218 Å². The van der Waals surface area contributed by atoms with E-state index in [-0.39, 0.29) is 34.5 Å². The minimum absolute atomic E-state index is 0.0473. The Balaban J connectivity index is 1.90. The molecular formula is C27H40O6SSi2. The summed E-state index contributed by atoms with van der Waals surface area (Å²) in [5, 5.41) is 1.06. The molecule has 0 bridgehead atoms. The summed E-state index contributed by atoms with van der Waals surface area (Å²) in [6.07, 6.45) is -1.44. The highest BCUT2D eigenvalue weighted by Gasteiger charge is 2.49. The van der Waals surface area contributed by atoms with Gasteiger partial charge in [-0.1, -0.05) is 87.1 Å². The van der Waals surface area contributed by atoms with Crippen molar-refractivity contribution < 1.29 is 26.6 Å². The molecule has 9 heteroatoms.